The van der Waals surface area contributed by atoms with Crippen molar-refractivity contribution in [3.05, 3.63) is 29.6 Å². The molecule has 0 aliphatic heterocycles. The summed E-state index contributed by atoms with van der Waals surface area (Å²) in [5.41, 5.74) is 7.03. The van der Waals surface area contributed by atoms with Crippen LogP contribution in [0.5, 0.6) is 0 Å². The molecule has 0 atom stereocenters. The highest BCUT2D eigenvalue weighted by atomic mass is 16.2. The summed E-state index contributed by atoms with van der Waals surface area (Å²) in [5, 5.41) is 0. The Kier molecular flexibility index (Phi) is 4.91. The molecule has 1 heterocycles. The van der Waals surface area contributed by atoms with Crippen LogP contribution in [0.4, 0.5) is 0 Å². The summed E-state index contributed by atoms with van der Waals surface area (Å²) in [4.78, 5) is 18.2. The molecule has 4 heteroatoms. The van der Waals surface area contributed by atoms with E-state index in [4.69, 9.17) is 5.73 Å². The average molecular weight is 261 g/mol. The van der Waals surface area contributed by atoms with Crippen molar-refractivity contribution in [1.29, 1.82) is 0 Å². The van der Waals surface area contributed by atoms with Gasteiger partial charge in [-0.25, -0.2) is 0 Å². The molecule has 2 N–H and O–H groups in total. The summed E-state index contributed by atoms with van der Waals surface area (Å²) in [5.74, 6) is 0.798. The van der Waals surface area contributed by atoms with Gasteiger partial charge in [0.1, 0.15) is 5.69 Å². The van der Waals surface area contributed by atoms with Gasteiger partial charge in [-0.1, -0.05) is 25.7 Å². The van der Waals surface area contributed by atoms with E-state index in [-0.39, 0.29) is 5.91 Å². The van der Waals surface area contributed by atoms with Gasteiger partial charge in [0.2, 0.25) is 0 Å². The highest BCUT2D eigenvalue weighted by Crippen LogP contribution is 2.27. The molecule has 1 saturated carbocycles. The van der Waals surface area contributed by atoms with Crippen LogP contribution in [0.15, 0.2) is 18.3 Å². The van der Waals surface area contributed by atoms with E-state index < -0.39 is 0 Å². The summed E-state index contributed by atoms with van der Waals surface area (Å²) < 4.78 is 0. The largest absolute Gasteiger partial charge is 0.340 e. The Labute approximate surface area is 115 Å². The lowest BCUT2D eigenvalue weighted by Crippen LogP contribution is -2.29. The molecule has 1 aromatic heterocycles. The Bertz CT molecular complexity index is 427. The van der Waals surface area contributed by atoms with Crippen molar-refractivity contribution in [2.24, 2.45) is 11.7 Å². The predicted molar refractivity (Wildman–Crippen MR) is 75.7 cm³/mol. The maximum Gasteiger partial charge on any atom is 0.272 e. The number of rotatable bonds is 5. The second-order valence-corrected chi connectivity index (χ2v) is 5.42. The van der Waals surface area contributed by atoms with E-state index in [0.717, 1.165) is 24.4 Å². The molecular formula is C15H23N3O. The van der Waals surface area contributed by atoms with Gasteiger partial charge in [-0.3, -0.25) is 9.78 Å². The summed E-state index contributed by atoms with van der Waals surface area (Å²) in [6, 6.07) is 3.63. The first-order chi connectivity index (χ1) is 9.20. The van der Waals surface area contributed by atoms with Gasteiger partial charge in [0.25, 0.3) is 5.91 Å². The molecule has 0 radical (unpaired) electrons. The third kappa shape index (κ3) is 3.77. The first kappa shape index (κ1) is 14.0. The van der Waals surface area contributed by atoms with Gasteiger partial charge in [0.05, 0.1) is 0 Å². The third-order valence-corrected chi connectivity index (χ3v) is 3.97. The lowest BCUT2D eigenvalue weighted by atomic mass is 10.0. The minimum atomic E-state index is -0.00621. The van der Waals surface area contributed by atoms with E-state index in [2.05, 4.69) is 4.98 Å². The van der Waals surface area contributed by atoms with E-state index in [1.165, 1.54) is 25.7 Å². The number of hydrogen-bond donors (Lipinski definition) is 1. The Hall–Kier alpha value is -1.42. The van der Waals surface area contributed by atoms with Gasteiger partial charge in [-0.05, 0) is 30.0 Å². The Morgan fingerprint density at radius 2 is 2.21 bits per heavy atom. The fraction of sp³-hybridized carbons (Fsp3) is 0.600. The SMILES string of the molecule is CN(CCC1CCCC1)C(=O)c1cc(CN)ccn1. The van der Waals surface area contributed by atoms with Crippen LogP contribution in [0.3, 0.4) is 0 Å². The molecular weight excluding hydrogens is 238 g/mol. The summed E-state index contributed by atoms with van der Waals surface area (Å²) in [7, 11) is 1.86. The Balaban J connectivity index is 1.90. The Morgan fingerprint density at radius 3 is 2.89 bits per heavy atom. The second-order valence-electron chi connectivity index (χ2n) is 5.42. The number of amides is 1. The van der Waals surface area contributed by atoms with Gasteiger partial charge < -0.3 is 10.6 Å². The zero-order valence-corrected chi connectivity index (χ0v) is 11.6. The van der Waals surface area contributed by atoms with Crippen LogP contribution in [-0.2, 0) is 6.54 Å². The number of carbonyl (C=O) groups excluding carboxylic acids is 1. The zero-order chi connectivity index (χ0) is 13.7. The van der Waals surface area contributed by atoms with Crippen LogP contribution in [0, 0.1) is 5.92 Å². The fourth-order valence-electron chi connectivity index (χ4n) is 2.69. The van der Waals surface area contributed by atoms with Crippen molar-refractivity contribution in [3.8, 4) is 0 Å². The average Bonchev–Trinajstić information content (AvgIpc) is 2.97. The summed E-state index contributed by atoms with van der Waals surface area (Å²) in [6.45, 7) is 1.26. The molecule has 1 aliphatic carbocycles. The van der Waals surface area contributed by atoms with E-state index in [0.29, 0.717) is 12.2 Å². The highest BCUT2D eigenvalue weighted by molar-refractivity contribution is 5.92. The lowest BCUT2D eigenvalue weighted by Gasteiger charge is -2.19. The third-order valence-electron chi connectivity index (χ3n) is 3.97. The van der Waals surface area contributed by atoms with Crippen molar-refractivity contribution in [3.63, 3.8) is 0 Å². The molecule has 2 rings (SSSR count). The van der Waals surface area contributed by atoms with Gasteiger partial charge in [0.15, 0.2) is 0 Å². The molecule has 0 unspecified atom stereocenters. The van der Waals surface area contributed by atoms with Crippen molar-refractivity contribution in [1.82, 2.24) is 9.88 Å². The number of nitrogens with zero attached hydrogens (tertiary/aromatic N) is 2. The van der Waals surface area contributed by atoms with E-state index in [9.17, 15) is 4.79 Å². The minimum absolute atomic E-state index is 0.00621. The van der Waals surface area contributed by atoms with Gasteiger partial charge in [-0.2, -0.15) is 0 Å². The molecule has 19 heavy (non-hydrogen) atoms. The first-order valence-electron chi connectivity index (χ1n) is 7.11. The van der Waals surface area contributed by atoms with Gasteiger partial charge >= 0.3 is 0 Å². The lowest BCUT2D eigenvalue weighted by molar-refractivity contribution is 0.0781. The highest BCUT2D eigenvalue weighted by Gasteiger charge is 2.18. The predicted octanol–water partition coefficient (Wildman–Crippen LogP) is 2.19. The molecule has 0 aromatic carbocycles. The number of carbonyl (C=O) groups is 1. The van der Waals surface area contributed by atoms with Crippen molar-refractivity contribution in [2.75, 3.05) is 13.6 Å². The van der Waals surface area contributed by atoms with Gasteiger partial charge in [0, 0.05) is 26.3 Å². The van der Waals surface area contributed by atoms with Crippen molar-refractivity contribution < 1.29 is 4.79 Å². The van der Waals surface area contributed by atoms with Crippen LogP contribution in [0.2, 0.25) is 0 Å². The Morgan fingerprint density at radius 1 is 1.47 bits per heavy atom. The zero-order valence-electron chi connectivity index (χ0n) is 11.6. The smallest absolute Gasteiger partial charge is 0.272 e. The van der Waals surface area contributed by atoms with Crippen LogP contribution in [-0.4, -0.2) is 29.4 Å². The van der Waals surface area contributed by atoms with Crippen LogP contribution in [0.1, 0.15) is 48.2 Å². The quantitative estimate of drug-likeness (QED) is 0.884. The first-order valence-corrected chi connectivity index (χ1v) is 7.11. The van der Waals surface area contributed by atoms with Crippen LogP contribution >= 0.6 is 0 Å². The summed E-state index contributed by atoms with van der Waals surface area (Å²) in [6.07, 6.45) is 8.11. The monoisotopic (exact) mass is 261 g/mol. The molecule has 1 fully saturated rings. The molecule has 0 spiro atoms. The fourth-order valence-corrected chi connectivity index (χ4v) is 2.69. The van der Waals surface area contributed by atoms with Crippen LogP contribution in [0.25, 0.3) is 0 Å². The maximum atomic E-state index is 12.2. The number of aromatic nitrogens is 1. The number of nitrogens with two attached hydrogens (primary N) is 1. The topological polar surface area (TPSA) is 59.2 Å². The molecule has 0 saturated heterocycles. The van der Waals surface area contributed by atoms with E-state index >= 15 is 0 Å². The standard InChI is InChI=1S/C15H23N3O/c1-18(9-7-12-4-2-3-5-12)15(19)14-10-13(11-16)6-8-17-14/h6,8,10,12H,2-5,7,9,11,16H2,1H3. The molecule has 1 aromatic rings. The summed E-state index contributed by atoms with van der Waals surface area (Å²) >= 11 is 0. The maximum absolute atomic E-state index is 12.2. The molecule has 4 nitrogen and oxygen atoms in total. The number of pyridine rings is 1. The second kappa shape index (κ2) is 6.66. The molecule has 0 bridgehead atoms. The number of hydrogen-bond acceptors (Lipinski definition) is 3. The minimum Gasteiger partial charge on any atom is -0.340 e. The molecule has 104 valence electrons. The van der Waals surface area contributed by atoms with Crippen LogP contribution < -0.4 is 5.73 Å². The van der Waals surface area contributed by atoms with Gasteiger partial charge in [-0.15, -0.1) is 0 Å². The molecule has 1 aliphatic rings. The van der Waals surface area contributed by atoms with Crippen molar-refractivity contribution in [2.45, 2.75) is 38.6 Å². The van der Waals surface area contributed by atoms with E-state index in [1.807, 2.05) is 13.1 Å². The molecule has 1 amide bonds. The van der Waals surface area contributed by atoms with Crippen molar-refractivity contribution >= 4 is 5.91 Å². The normalized spacial score (nSPS) is 15.7. The van der Waals surface area contributed by atoms with E-state index in [1.54, 1.807) is 17.2 Å².